The maximum atomic E-state index is 12.5. The third kappa shape index (κ3) is 6.01. The number of aromatic nitrogens is 2. The van der Waals surface area contributed by atoms with E-state index in [-0.39, 0.29) is 17.2 Å². The van der Waals surface area contributed by atoms with Gasteiger partial charge in [0.15, 0.2) is 5.16 Å². The lowest BCUT2D eigenvalue weighted by molar-refractivity contribution is -0.384. The number of nitrogens with zero attached hydrogens (tertiary/aromatic N) is 3. The zero-order chi connectivity index (χ0) is 25.3. The van der Waals surface area contributed by atoms with E-state index in [2.05, 4.69) is 41.1 Å². The normalized spacial score (nSPS) is 10.8. The first-order valence-corrected chi connectivity index (χ1v) is 12.9. The van der Waals surface area contributed by atoms with Gasteiger partial charge in [-0.2, -0.15) is 0 Å². The fourth-order valence-corrected chi connectivity index (χ4v) is 4.80. The van der Waals surface area contributed by atoms with Gasteiger partial charge in [0.25, 0.3) is 11.6 Å². The quantitative estimate of drug-likeness (QED) is 0.111. The molecule has 0 saturated carbocycles. The average Bonchev–Trinajstić information content (AvgIpc) is 3.29. The van der Waals surface area contributed by atoms with Crippen molar-refractivity contribution < 1.29 is 9.72 Å². The molecule has 0 aliphatic carbocycles. The van der Waals surface area contributed by atoms with Crippen LogP contribution in [0.2, 0.25) is 0 Å². The number of carbonyl (C=O) groups excluding carboxylic acids is 1. The molecule has 36 heavy (non-hydrogen) atoms. The van der Waals surface area contributed by atoms with Gasteiger partial charge < -0.3 is 9.88 Å². The molecule has 184 valence electrons. The Morgan fingerprint density at radius 3 is 2.36 bits per heavy atom. The fourth-order valence-electron chi connectivity index (χ4n) is 3.92. The minimum atomic E-state index is -0.503. The van der Waals surface area contributed by atoms with Gasteiger partial charge in [0.1, 0.15) is 0 Å². The number of carbonyl (C=O) groups is 1. The summed E-state index contributed by atoms with van der Waals surface area (Å²) in [6.45, 7) is 3.44. The summed E-state index contributed by atoms with van der Waals surface area (Å²) in [4.78, 5) is 28.1. The first-order valence-electron chi connectivity index (χ1n) is 11.9. The summed E-state index contributed by atoms with van der Waals surface area (Å²) in [5.41, 5.74) is 4.39. The fraction of sp³-hybridized carbons (Fsp3) is 0.214. The Labute approximate surface area is 214 Å². The van der Waals surface area contributed by atoms with E-state index in [4.69, 9.17) is 4.98 Å². The number of rotatable bonds is 11. The maximum Gasteiger partial charge on any atom is 0.270 e. The highest BCUT2D eigenvalue weighted by Crippen LogP contribution is 2.36. The molecule has 0 radical (unpaired) electrons. The van der Waals surface area contributed by atoms with Gasteiger partial charge in [-0.15, -0.1) is 0 Å². The molecule has 0 spiro atoms. The number of thioether (sulfide) groups is 1. The highest BCUT2D eigenvalue weighted by atomic mass is 32.2. The SMILES string of the molecule is CCCCn1c(SCCNC(=O)c2cccc([N+](=O)[O-])c2)nc(-c2ccccc2)c1-c1ccccc1. The number of nitrogens with one attached hydrogen (secondary N) is 1. The highest BCUT2D eigenvalue weighted by Gasteiger charge is 2.20. The van der Waals surface area contributed by atoms with Crippen molar-refractivity contribution in [3.05, 3.63) is 101 Å². The maximum absolute atomic E-state index is 12.5. The minimum absolute atomic E-state index is 0.100. The van der Waals surface area contributed by atoms with Crippen LogP contribution in [0.5, 0.6) is 0 Å². The van der Waals surface area contributed by atoms with E-state index < -0.39 is 4.92 Å². The summed E-state index contributed by atoms with van der Waals surface area (Å²) in [7, 11) is 0. The molecule has 3 aromatic carbocycles. The van der Waals surface area contributed by atoms with E-state index in [0.717, 1.165) is 47.1 Å². The van der Waals surface area contributed by atoms with Gasteiger partial charge in [0.05, 0.1) is 16.3 Å². The Kier molecular flexibility index (Phi) is 8.52. The van der Waals surface area contributed by atoms with Gasteiger partial charge >= 0.3 is 0 Å². The van der Waals surface area contributed by atoms with Crippen molar-refractivity contribution in [2.75, 3.05) is 12.3 Å². The predicted molar refractivity (Wildman–Crippen MR) is 144 cm³/mol. The first kappa shape index (κ1) is 25.2. The molecule has 1 amide bonds. The number of non-ortho nitro benzene ring substituents is 1. The summed E-state index contributed by atoms with van der Waals surface area (Å²) < 4.78 is 2.29. The Morgan fingerprint density at radius 2 is 1.69 bits per heavy atom. The van der Waals surface area contributed by atoms with Crippen LogP contribution in [-0.4, -0.2) is 32.7 Å². The van der Waals surface area contributed by atoms with Crippen LogP contribution in [0.25, 0.3) is 22.5 Å². The summed E-state index contributed by atoms with van der Waals surface area (Å²) in [6.07, 6.45) is 2.10. The first-order chi connectivity index (χ1) is 17.6. The molecule has 0 saturated heterocycles. The number of imidazole rings is 1. The van der Waals surface area contributed by atoms with Crippen LogP contribution in [0, 0.1) is 10.1 Å². The molecular weight excluding hydrogens is 472 g/mol. The van der Waals surface area contributed by atoms with E-state index in [1.54, 1.807) is 17.8 Å². The van der Waals surface area contributed by atoms with Crippen LogP contribution in [0.15, 0.2) is 90.1 Å². The number of amides is 1. The molecule has 7 nitrogen and oxygen atoms in total. The predicted octanol–water partition coefficient (Wildman–Crippen LogP) is 6.45. The van der Waals surface area contributed by atoms with Crippen LogP contribution in [-0.2, 0) is 6.54 Å². The Morgan fingerprint density at radius 1 is 1.00 bits per heavy atom. The summed E-state index contributed by atoms with van der Waals surface area (Å²) >= 11 is 1.60. The van der Waals surface area contributed by atoms with Crippen LogP contribution < -0.4 is 5.32 Å². The zero-order valence-corrected chi connectivity index (χ0v) is 20.9. The molecule has 1 heterocycles. The van der Waals surface area contributed by atoms with Gasteiger partial charge in [0, 0.05) is 47.7 Å². The van der Waals surface area contributed by atoms with Crippen molar-refractivity contribution in [3.63, 3.8) is 0 Å². The summed E-state index contributed by atoms with van der Waals surface area (Å²) in [5, 5.41) is 14.8. The van der Waals surface area contributed by atoms with E-state index in [9.17, 15) is 14.9 Å². The number of nitro benzene ring substituents is 1. The Bertz CT molecular complexity index is 1320. The lowest BCUT2D eigenvalue weighted by Gasteiger charge is -2.13. The van der Waals surface area contributed by atoms with Crippen LogP contribution in [0.1, 0.15) is 30.1 Å². The largest absolute Gasteiger partial charge is 0.351 e. The van der Waals surface area contributed by atoms with Gasteiger partial charge in [-0.3, -0.25) is 14.9 Å². The highest BCUT2D eigenvalue weighted by molar-refractivity contribution is 7.99. The van der Waals surface area contributed by atoms with Crippen molar-refractivity contribution in [1.29, 1.82) is 0 Å². The monoisotopic (exact) mass is 500 g/mol. The third-order valence-corrected chi connectivity index (χ3v) is 6.68. The Hall–Kier alpha value is -3.91. The van der Waals surface area contributed by atoms with Gasteiger partial charge in [-0.1, -0.05) is 91.8 Å². The second kappa shape index (κ2) is 12.2. The molecule has 0 atom stereocenters. The lowest BCUT2D eigenvalue weighted by Crippen LogP contribution is -2.25. The summed E-state index contributed by atoms with van der Waals surface area (Å²) in [5.74, 6) is 0.287. The summed E-state index contributed by atoms with van der Waals surface area (Å²) in [6, 6.07) is 26.3. The second-order valence-corrected chi connectivity index (χ2v) is 9.30. The van der Waals surface area contributed by atoms with Crippen LogP contribution in [0.3, 0.4) is 0 Å². The molecule has 0 fully saturated rings. The van der Waals surface area contributed by atoms with E-state index in [1.807, 2.05) is 36.4 Å². The molecule has 0 unspecified atom stereocenters. The number of hydrogen-bond donors (Lipinski definition) is 1. The second-order valence-electron chi connectivity index (χ2n) is 8.24. The molecule has 1 N–H and O–H groups in total. The molecular formula is C28H28N4O3S. The number of hydrogen-bond acceptors (Lipinski definition) is 5. The number of benzene rings is 3. The topological polar surface area (TPSA) is 90.1 Å². The van der Waals surface area contributed by atoms with Gasteiger partial charge in [0.2, 0.25) is 0 Å². The molecule has 0 aliphatic rings. The smallest absolute Gasteiger partial charge is 0.270 e. The van der Waals surface area contributed by atoms with Gasteiger partial charge in [-0.05, 0) is 12.5 Å². The number of nitro groups is 1. The molecule has 4 aromatic rings. The van der Waals surface area contributed by atoms with Crippen molar-refractivity contribution in [3.8, 4) is 22.5 Å². The van der Waals surface area contributed by atoms with E-state index in [0.29, 0.717) is 12.3 Å². The number of unbranched alkanes of at least 4 members (excludes halogenated alkanes) is 1. The zero-order valence-electron chi connectivity index (χ0n) is 20.1. The Balaban J connectivity index is 1.55. The molecule has 0 aliphatic heterocycles. The van der Waals surface area contributed by atoms with Crippen molar-refractivity contribution in [2.45, 2.75) is 31.5 Å². The average molecular weight is 501 g/mol. The van der Waals surface area contributed by atoms with E-state index >= 15 is 0 Å². The van der Waals surface area contributed by atoms with Crippen molar-refractivity contribution in [2.24, 2.45) is 0 Å². The molecule has 4 rings (SSSR count). The third-order valence-electron chi connectivity index (χ3n) is 5.70. The van der Waals surface area contributed by atoms with Crippen LogP contribution in [0.4, 0.5) is 5.69 Å². The van der Waals surface area contributed by atoms with Gasteiger partial charge in [-0.25, -0.2) is 4.98 Å². The van der Waals surface area contributed by atoms with Crippen LogP contribution >= 0.6 is 11.8 Å². The molecule has 0 bridgehead atoms. The van der Waals surface area contributed by atoms with Crippen molar-refractivity contribution >= 4 is 23.4 Å². The molecule has 1 aromatic heterocycles. The standard InChI is InChI=1S/C28H28N4O3S/c1-2-3-18-31-26(22-13-8-5-9-14-22)25(21-11-6-4-7-12-21)30-28(31)36-19-17-29-27(33)23-15-10-16-24(20-23)32(34)35/h4-16,20H,2-3,17-19H2,1H3,(H,29,33). The molecule has 8 heteroatoms. The van der Waals surface area contributed by atoms with Crippen molar-refractivity contribution in [1.82, 2.24) is 14.9 Å². The van der Waals surface area contributed by atoms with E-state index in [1.165, 1.54) is 18.2 Å². The minimum Gasteiger partial charge on any atom is -0.351 e. The lowest BCUT2D eigenvalue weighted by atomic mass is 10.0.